The number of hydrogen-bond acceptors (Lipinski definition) is 5. The van der Waals surface area contributed by atoms with Crippen molar-refractivity contribution in [3.8, 4) is 0 Å². The summed E-state index contributed by atoms with van der Waals surface area (Å²) >= 11 is 1.43. The Kier molecular flexibility index (Phi) is 4.42. The van der Waals surface area contributed by atoms with Gasteiger partial charge in [-0.05, 0) is 30.5 Å². The highest BCUT2D eigenvalue weighted by Gasteiger charge is 2.31. The van der Waals surface area contributed by atoms with Crippen molar-refractivity contribution >= 4 is 31.6 Å². The second-order valence-corrected chi connectivity index (χ2v) is 9.35. The van der Waals surface area contributed by atoms with Crippen LogP contribution in [-0.2, 0) is 29.5 Å². The molecule has 0 N–H and O–H groups in total. The average Bonchev–Trinajstić information content (AvgIpc) is 3.03. The highest BCUT2D eigenvalue weighted by molar-refractivity contribution is 7.89. The molecule has 4 rings (SSSR count). The number of sulfonamides is 1. The summed E-state index contributed by atoms with van der Waals surface area (Å²) < 4.78 is 28.9. The Hall–Kier alpha value is -2.03. The third kappa shape index (κ3) is 2.78. The van der Waals surface area contributed by atoms with Gasteiger partial charge in [-0.25, -0.2) is 13.4 Å². The summed E-state index contributed by atoms with van der Waals surface area (Å²) in [5.41, 5.74) is 0.946. The number of nitrogens with zero attached hydrogens (tertiary/aromatic N) is 3. The first-order chi connectivity index (χ1) is 12.5. The molecule has 3 aromatic rings. The lowest BCUT2D eigenvalue weighted by Crippen LogP contribution is -2.35. The Morgan fingerprint density at radius 1 is 1.23 bits per heavy atom. The fourth-order valence-electron chi connectivity index (χ4n) is 3.34. The van der Waals surface area contributed by atoms with Crippen molar-refractivity contribution in [2.45, 2.75) is 37.8 Å². The molecule has 26 heavy (non-hydrogen) atoms. The molecule has 0 spiro atoms. The van der Waals surface area contributed by atoms with Gasteiger partial charge in [0.1, 0.15) is 4.83 Å². The van der Waals surface area contributed by atoms with Crippen LogP contribution in [0.25, 0.3) is 10.2 Å². The molecule has 1 aliphatic rings. The van der Waals surface area contributed by atoms with Gasteiger partial charge in [0, 0.05) is 24.5 Å². The van der Waals surface area contributed by atoms with E-state index in [1.807, 2.05) is 6.92 Å². The van der Waals surface area contributed by atoms with E-state index in [1.165, 1.54) is 15.6 Å². The Morgan fingerprint density at radius 3 is 2.73 bits per heavy atom. The van der Waals surface area contributed by atoms with Gasteiger partial charge in [-0.15, -0.1) is 11.3 Å². The van der Waals surface area contributed by atoms with Gasteiger partial charge in [0.25, 0.3) is 5.56 Å². The Morgan fingerprint density at radius 2 is 2.00 bits per heavy atom. The van der Waals surface area contributed by atoms with Crippen LogP contribution in [0.1, 0.15) is 23.8 Å². The Labute approximate surface area is 155 Å². The molecule has 0 fully saturated rings. The second kappa shape index (κ2) is 6.61. The first-order valence-electron chi connectivity index (χ1n) is 8.57. The smallest absolute Gasteiger partial charge is 0.262 e. The van der Waals surface area contributed by atoms with Crippen LogP contribution >= 0.6 is 11.3 Å². The van der Waals surface area contributed by atoms with Gasteiger partial charge in [-0.1, -0.05) is 25.1 Å². The summed E-state index contributed by atoms with van der Waals surface area (Å²) in [7, 11) is -3.53. The number of benzene rings is 1. The maximum Gasteiger partial charge on any atom is 0.262 e. The fraction of sp³-hybridized carbons (Fsp3) is 0.333. The van der Waals surface area contributed by atoms with E-state index in [1.54, 1.807) is 41.2 Å². The predicted molar refractivity (Wildman–Crippen MR) is 102 cm³/mol. The molecule has 0 atom stereocenters. The van der Waals surface area contributed by atoms with Gasteiger partial charge >= 0.3 is 0 Å². The van der Waals surface area contributed by atoms with Crippen LogP contribution in [-0.4, -0.2) is 28.8 Å². The Bertz CT molecular complexity index is 1120. The summed E-state index contributed by atoms with van der Waals surface area (Å²) in [6.45, 7) is 3.33. The number of fused-ring (bicyclic) bond motifs is 3. The molecule has 8 heteroatoms. The summed E-state index contributed by atoms with van der Waals surface area (Å²) in [6, 6.07) is 8.47. The molecule has 0 bridgehead atoms. The molecule has 0 unspecified atom stereocenters. The molecule has 1 aromatic carbocycles. The molecular weight excluding hydrogens is 370 g/mol. The molecule has 0 saturated carbocycles. The van der Waals surface area contributed by atoms with Crippen LogP contribution in [0, 0.1) is 0 Å². The van der Waals surface area contributed by atoms with E-state index < -0.39 is 10.0 Å². The van der Waals surface area contributed by atoms with E-state index in [-0.39, 0.29) is 5.56 Å². The number of aryl methyl sites for hydroxylation is 1. The van der Waals surface area contributed by atoms with Crippen LogP contribution in [0.2, 0.25) is 0 Å². The first-order valence-corrected chi connectivity index (χ1v) is 10.8. The number of aromatic nitrogens is 2. The minimum atomic E-state index is -3.53. The molecule has 0 amide bonds. The highest BCUT2D eigenvalue weighted by atomic mass is 32.2. The maximum atomic E-state index is 12.9. The zero-order valence-corrected chi connectivity index (χ0v) is 16.0. The zero-order valence-electron chi connectivity index (χ0n) is 14.4. The van der Waals surface area contributed by atoms with Crippen molar-refractivity contribution in [1.82, 2.24) is 13.9 Å². The normalized spacial score (nSPS) is 15.3. The van der Waals surface area contributed by atoms with Crippen LogP contribution in [0.15, 0.2) is 46.3 Å². The molecule has 6 nitrogen and oxygen atoms in total. The largest absolute Gasteiger partial charge is 0.299 e. The SMILES string of the molecule is CCCn1cnc2sc3c(c2c1=O)CCN(S(=O)(=O)c1ccccc1)C3. The molecule has 0 radical (unpaired) electrons. The molecule has 3 heterocycles. The minimum absolute atomic E-state index is 0.0197. The summed E-state index contributed by atoms with van der Waals surface area (Å²) in [5.74, 6) is 0. The van der Waals surface area contributed by atoms with Crippen molar-refractivity contribution in [1.29, 1.82) is 0 Å². The lowest BCUT2D eigenvalue weighted by molar-refractivity contribution is 0.396. The van der Waals surface area contributed by atoms with E-state index in [2.05, 4.69) is 4.98 Å². The highest BCUT2D eigenvalue weighted by Crippen LogP contribution is 2.34. The molecule has 1 aliphatic heterocycles. The van der Waals surface area contributed by atoms with Gasteiger partial charge in [0.15, 0.2) is 0 Å². The Balaban J connectivity index is 1.74. The summed E-state index contributed by atoms with van der Waals surface area (Å²) in [4.78, 5) is 19.1. The third-order valence-electron chi connectivity index (χ3n) is 4.64. The van der Waals surface area contributed by atoms with Gasteiger partial charge in [0.2, 0.25) is 10.0 Å². The van der Waals surface area contributed by atoms with Gasteiger partial charge in [-0.2, -0.15) is 4.31 Å². The zero-order chi connectivity index (χ0) is 18.3. The van der Waals surface area contributed by atoms with Crippen LogP contribution in [0.4, 0.5) is 0 Å². The summed E-state index contributed by atoms with van der Waals surface area (Å²) in [6.07, 6.45) is 2.99. The van der Waals surface area contributed by atoms with Crippen LogP contribution < -0.4 is 5.56 Å². The topological polar surface area (TPSA) is 72.3 Å². The third-order valence-corrected chi connectivity index (χ3v) is 7.62. The average molecular weight is 390 g/mol. The van der Waals surface area contributed by atoms with Crippen LogP contribution in [0.3, 0.4) is 0 Å². The van der Waals surface area contributed by atoms with E-state index in [9.17, 15) is 13.2 Å². The van der Waals surface area contributed by atoms with Crippen molar-refractivity contribution in [3.05, 3.63) is 57.5 Å². The number of hydrogen-bond donors (Lipinski definition) is 0. The first kappa shape index (κ1) is 17.4. The van der Waals surface area contributed by atoms with Crippen molar-refractivity contribution < 1.29 is 8.42 Å². The van der Waals surface area contributed by atoms with Crippen molar-refractivity contribution in [2.75, 3.05) is 6.54 Å². The lowest BCUT2D eigenvalue weighted by atomic mass is 10.1. The van der Waals surface area contributed by atoms with E-state index in [0.29, 0.717) is 41.2 Å². The molecule has 2 aromatic heterocycles. The van der Waals surface area contributed by atoms with Gasteiger partial charge in [0.05, 0.1) is 16.6 Å². The minimum Gasteiger partial charge on any atom is -0.299 e. The van der Waals surface area contributed by atoms with Gasteiger partial charge < -0.3 is 0 Å². The maximum absolute atomic E-state index is 12.9. The quantitative estimate of drug-likeness (QED) is 0.688. The van der Waals surface area contributed by atoms with Crippen molar-refractivity contribution in [2.24, 2.45) is 0 Å². The number of thiophene rings is 1. The van der Waals surface area contributed by atoms with Gasteiger partial charge in [-0.3, -0.25) is 9.36 Å². The summed E-state index contributed by atoms with van der Waals surface area (Å²) in [5, 5.41) is 0.665. The molecular formula is C18H19N3O3S2. The molecule has 136 valence electrons. The van der Waals surface area contributed by atoms with Crippen LogP contribution in [0.5, 0.6) is 0 Å². The second-order valence-electron chi connectivity index (χ2n) is 6.33. The molecule has 0 aliphatic carbocycles. The van der Waals surface area contributed by atoms with E-state index >= 15 is 0 Å². The van der Waals surface area contributed by atoms with E-state index in [0.717, 1.165) is 16.9 Å². The lowest BCUT2D eigenvalue weighted by Gasteiger charge is -2.26. The standard InChI is InChI=1S/C18H19N3O3S2/c1-2-9-20-12-19-17-16(18(20)22)14-8-10-21(11-15(14)25-17)26(23,24)13-6-4-3-5-7-13/h3-7,12H,2,8-11H2,1H3. The number of rotatable bonds is 4. The van der Waals surface area contributed by atoms with Crippen molar-refractivity contribution in [3.63, 3.8) is 0 Å². The fourth-order valence-corrected chi connectivity index (χ4v) is 6.05. The molecule has 0 saturated heterocycles. The predicted octanol–water partition coefficient (Wildman–Crippen LogP) is 2.62. The van der Waals surface area contributed by atoms with E-state index in [4.69, 9.17) is 0 Å². The monoisotopic (exact) mass is 389 g/mol.